The van der Waals surface area contributed by atoms with Crippen molar-refractivity contribution in [2.75, 3.05) is 0 Å². The van der Waals surface area contributed by atoms with Crippen LogP contribution in [-0.2, 0) is 0 Å². The lowest BCUT2D eigenvalue weighted by atomic mass is 9.82. The summed E-state index contributed by atoms with van der Waals surface area (Å²) in [5.74, 6) is 0.271. The summed E-state index contributed by atoms with van der Waals surface area (Å²) < 4.78 is 0. The zero-order valence-electron chi connectivity index (χ0n) is 10.9. The first-order valence-electron chi connectivity index (χ1n) is 6.86. The standard InChI is InChI=1S/C15H18N2O2/c16-11-15(12-5-3-1-2-4-6-12)13-7-9-14(10-8-13)17(18)19/h7-10,12,15H,1-6H2. The lowest BCUT2D eigenvalue weighted by Gasteiger charge is -2.20. The number of hydrogen-bond acceptors (Lipinski definition) is 3. The van der Waals surface area contributed by atoms with Gasteiger partial charge in [-0.3, -0.25) is 10.1 Å². The number of non-ortho nitro benzene ring substituents is 1. The fourth-order valence-corrected chi connectivity index (χ4v) is 2.90. The van der Waals surface area contributed by atoms with E-state index in [0.717, 1.165) is 18.4 Å². The van der Waals surface area contributed by atoms with Crippen molar-refractivity contribution < 1.29 is 4.92 Å². The zero-order valence-corrected chi connectivity index (χ0v) is 10.9. The highest BCUT2D eigenvalue weighted by Gasteiger charge is 2.24. The first-order valence-corrected chi connectivity index (χ1v) is 6.86. The molecule has 1 unspecified atom stereocenters. The van der Waals surface area contributed by atoms with Gasteiger partial charge in [0.2, 0.25) is 0 Å². The highest BCUT2D eigenvalue weighted by Crippen LogP contribution is 2.35. The summed E-state index contributed by atoms with van der Waals surface area (Å²) in [6.45, 7) is 0. The molecule has 4 nitrogen and oxygen atoms in total. The highest BCUT2D eigenvalue weighted by atomic mass is 16.6. The van der Waals surface area contributed by atoms with E-state index in [2.05, 4.69) is 6.07 Å². The van der Waals surface area contributed by atoms with Crippen molar-refractivity contribution in [1.82, 2.24) is 0 Å². The summed E-state index contributed by atoms with van der Waals surface area (Å²) in [5, 5.41) is 20.1. The van der Waals surface area contributed by atoms with Crippen molar-refractivity contribution in [3.8, 4) is 6.07 Å². The topological polar surface area (TPSA) is 66.9 Å². The molecule has 0 radical (unpaired) electrons. The number of hydrogen-bond donors (Lipinski definition) is 0. The summed E-state index contributed by atoms with van der Waals surface area (Å²) in [5.41, 5.74) is 1.00. The van der Waals surface area contributed by atoms with Gasteiger partial charge in [-0.1, -0.05) is 37.8 Å². The summed E-state index contributed by atoms with van der Waals surface area (Å²) >= 11 is 0. The Balaban J connectivity index is 2.16. The molecule has 1 aromatic rings. The van der Waals surface area contributed by atoms with E-state index in [4.69, 9.17) is 0 Å². The van der Waals surface area contributed by atoms with Crippen LogP contribution < -0.4 is 0 Å². The van der Waals surface area contributed by atoms with E-state index in [-0.39, 0.29) is 11.6 Å². The van der Waals surface area contributed by atoms with E-state index < -0.39 is 4.92 Å². The molecule has 0 N–H and O–H groups in total. The Bertz CT molecular complexity index is 468. The van der Waals surface area contributed by atoms with Crippen LogP contribution in [0.4, 0.5) is 5.69 Å². The maximum Gasteiger partial charge on any atom is 0.269 e. The molecule has 1 atom stereocenters. The van der Waals surface area contributed by atoms with Crippen molar-refractivity contribution in [2.24, 2.45) is 5.92 Å². The number of nitriles is 1. The van der Waals surface area contributed by atoms with Gasteiger partial charge >= 0.3 is 0 Å². The Labute approximate surface area is 113 Å². The van der Waals surface area contributed by atoms with E-state index in [1.54, 1.807) is 12.1 Å². The molecule has 100 valence electrons. The van der Waals surface area contributed by atoms with Crippen LogP contribution >= 0.6 is 0 Å². The second-order valence-electron chi connectivity index (χ2n) is 5.21. The van der Waals surface area contributed by atoms with E-state index in [1.165, 1.54) is 37.8 Å². The van der Waals surface area contributed by atoms with Crippen LogP contribution in [0.3, 0.4) is 0 Å². The largest absolute Gasteiger partial charge is 0.269 e. The van der Waals surface area contributed by atoms with Crippen LogP contribution in [-0.4, -0.2) is 4.92 Å². The molecule has 0 bridgehead atoms. The molecule has 1 saturated carbocycles. The van der Waals surface area contributed by atoms with Gasteiger partial charge in [0.1, 0.15) is 0 Å². The van der Waals surface area contributed by atoms with Crippen LogP contribution in [0.25, 0.3) is 0 Å². The molecule has 0 saturated heterocycles. The average molecular weight is 258 g/mol. The second kappa shape index (κ2) is 6.33. The summed E-state index contributed by atoms with van der Waals surface area (Å²) in [6.07, 6.45) is 7.08. The third kappa shape index (κ3) is 3.31. The first kappa shape index (κ1) is 13.5. The Morgan fingerprint density at radius 3 is 2.21 bits per heavy atom. The molecule has 0 heterocycles. The van der Waals surface area contributed by atoms with Gasteiger partial charge in [0.15, 0.2) is 0 Å². The van der Waals surface area contributed by atoms with Crippen molar-refractivity contribution in [3.63, 3.8) is 0 Å². The number of rotatable bonds is 3. The molecule has 4 heteroatoms. The molecule has 1 fully saturated rings. The van der Waals surface area contributed by atoms with Crippen molar-refractivity contribution >= 4 is 5.69 Å². The average Bonchev–Trinajstić information content (AvgIpc) is 2.69. The predicted octanol–water partition coefficient (Wildman–Crippen LogP) is 4.17. The number of nitro benzene ring substituents is 1. The van der Waals surface area contributed by atoms with Gasteiger partial charge in [0.25, 0.3) is 5.69 Å². The molecular weight excluding hydrogens is 240 g/mol. The smallest absolute Gasteiger partial charge is 0.258 e. The molecule has 0 amide bonds. The number of nitro groups is 1. The fourth-order valence-electron chi connectivity index (χ4n) is 2.90. The minimum absolute atomic E-state index is 0.0845. The van der Waals surface area contributed by atoms with E-state index in [0.29, 0.717) is 5.92 Å². The van der Waals surface area contributed by atoms with Gasteiger partial charge in [0, 0.05) is 12.1 Å². The van der Waals surface area contributed by atoms with Crippen molar-refractivity contribution in [2.45, 2.75) is 44.4 Å². The molecule has 1 aliphatic carbocycles. The molecular formula is C15H18N2O2. The monoisotopic (exact) mass is 258 g/mol. The van der Waals surface area contributed by atoms with E-state index in [1.807, 2.05) is 0 Å². The molecule has 0 aliphatic heterocycles. The first-order chi connectivity index (χ1) is 9.22. The van der Waals surface area contributed by atoms with Crippen LogP contribution in [0, 0.1) is 27.4 Å². The normalized spacial score (nSPS) is 18.3. The van der Waals surface area contributed by atoms with Gasteiger partial charge in [0.05, 0.1) is 16.9 Å². The van der Waals surface area contributed by atoms with Gasteiger partial charge in [-0.25, -0.2) is 0 Å². The molecule has 19 heavy (non-hydrogen) atoms. The quantitative estimate of drug-likeness (QED) is 0.464. The maximum absolute atomic E-state index is 10.6. The predicted molar refractivity (Wildman–Crippen MR) is 72.6 cm³/mol. The molecule has 1 aliphatic rings. The molecule has 2 rings (SSSR count). The van der Waals surface area contributed by atoms with Crippen molar-refractivity contribution in [3.05, 3.63) is 39.9 Å². The third-order valence-corrected chi connectivity index (χ3v) is 3.97. The van der Waals surface area contributed by atoms with Crippen LogP contribution in [0.15, 0.2) is 24.3 Å². The Morgan fingerprint density at radius 2 is 1.74 bits per heavy atom. The van der Waals surface area contributed by atoms with Crippen LogP contribution in [0.2, 0.25) is 0 Å². The number of nitrogens with zero attached hydrogens (tertiary/aromatic N) is 2. The minimum Gasteiger partial charge on any atom is -0.258 e. The summed E-state index contributed by atoms with van der Waals surface area (Å²) in [7, 11) is 0. The Kier molecular flexibility index (Phi) is 4.51. The van der Waals surface area contributed by atoms with Gasteiger partial charge < -0.3 is 0 Å². The minimum atomic E-state index is -0.406. The summed E-state index contributed by atoms with van der Waals surface area (Å²) in [4.78, 5) is 10.2. The van der Waals surface area contributed by atoms with Gasteiger partial charge in [-0.15, -0.1) is 0 Å². The lowest BCUT2D eigenvalue weighted by Crippen LogP contribution is -2.11. The van der Waals surface area contributed by atoms with Crippen LogP contribution in [0.5, 0.6) is 0 Å². The molecule has 0 aromatic heterocycles. The van der Waals surface area contributed by atoms with Crippen LogP contribution in [0.1, 0.15) is 50.0 Å². The Hall–Kier alpha value is -1.89. The zero-order chi connectivity index (χ0) is 13.7. The van der Waals surface area contributed by atoms with E-state index >= 15 is 0 Å². The molecule has 1 aromatic carbocycles. The van der Waals surface area contributed by atoms with Crippen molar-refractivity contribution in [1.29, 1.82) is 5.26 Å². The lowest BCUT2D eigenvalue weighted by molar-refractivity contribution is -0.384. The maximum atomic E-state index is 10.6. The fraction of sp³-hybridized carbons (Fsp3) is 0.533. The summed E-state index contributed by atoms with van der Waals surface area (Å²) in [6, 6.07) is 8.85. The second-order valence-corrected chi connectivity index (χ2v) is 5.21. The SMILES string of the molecule is N#CC(c1ccc([N+](=O)[O-])cc1)C1CCCCCC1. The van der Waals surface area contributed by atoms with Gasteiger partial charge in [-0.2, -0.15) is 5.26 Å². The Morgan fingerprint density at radius 1 is 1.16 bits per heavy atom. The van der Waals surface area contributed by atoms with E-state index in [9.17, 15) is 15.4 Å². The van der Waals surface area contributed by atoms with Gasteiger partial charge in [-0.05, 0) is 24.3 Å². The highest BCUT2D eigenvalue weighted by molar-refractivity contribution is 5.36. The third-order valence-electron chi connectivity index (χ3n) is 3.97. The number of benzene rings is 1. The molecule has 0 spiro atoms.